The van der Waals surface area contributed by atoms with E-state index in [1.54, 1.807) is 0 Å². The SMILES string of the molecule is CC(=O)C[C@H](C(=O)N[C@@H](CCCCN)C(N)=O)C(C)O. The molecule has 1 unspecified atom stereocenters. The summed E-state index contributed by atoms with van der Waals surface area (Å²) < 4.78 is 0. The van der Waals surface area contributed by atoms with Gasteiger partial charge in [-0.2, -0.15) is 0 Å². The number of aliphatic hydroxyl groups is 1. The fourth-order valence-electron chi connectivity index (χ4n) is 1.85. The summed E-state index contributed by atoms with van der Waals surface area (Å²) >= 11 is 0. The largest absolute Gasteiger partial charge is 0.393 e. The van der Waals surface area contributed by atoms with E-state index in [0.29, 0.717) is 19.4 Å². The third-order valence-corrected chi connectivity index (χ3v) is 3.03. The molecule has 0 fully saturated rings. The molecule has 0 spiro atoms. The van der Waals surface area contributed by atoms with Gasteiger partial charge in [0.1, 0.15) is 11.8 Å². The lowest BCUT2D eigenvalue weighted by molar-refractivity contribution is -0.135. The Morgan fingerprint density at radius 2 is 1.85 bits per heavy atom. The summed E-state index contributed by atoms with van der Waals surface area (Å²) in [7, 11) is 0. The second-order valence-electron chi connectivity index (χ2n) is 5.00. The number of ketones is 1. The first-order valence-corrected chi connectivity index (χ1v) is 6.76. The van der Waals surface area contributed by atoms with Crippen molar-refractivity contribution in [1.29, 1.82) is 0 Å². The zero-order chi connectivity index (χ0) is 15.7. The average Bonchev–Trinajstić information content (AvgIpc) is 2.33. The molecular formula is C13H25N3O4. The molecule has 0 bridgehead atoms. The minimum atomic E-state index is -0.975. The number of aliphatic hydroxyl groups excluding tert-OH is 1. The number of carbonyl (C=O) groups is 3. The van der Waals surface area contributed by atoms with Gasteiger partial charge in [-0.05, 0) is 39.7 Å². The molecule has 7 heteroatoms. The van der Waals surface area contributed by atoms with Gasteiger partial charge >= 0.3 is 0 Å². The summed E-state index contributed by atoms with van der Waals surface area (Å²) in [4.78, 5) is 34.4. The van der Waals surface area contributed by atoms with Crippen LogP contribution in [0.5, 0.6) is 0 Å². The molecule has 6 N–H and O–H groups in total. The average molecular weight is 287 g/mol. The third-order valence-electron chi connectivity index (χ3n) is 3.03. The van der Waals surface area contributed by atoms with Crippen molar-refractivity contribution in [2.45, 2.75) is 51.7 Å². The van der Waals surface area contributed by atoms with Crippen molar-refractivity contribution >= 4 is 17.6 Å². The van der Waals surface area contributed by atoms with Crippen molar-refractivity contribution in [3.63, 3.8) is 0 Å². The first-order valence-electron chi connectivity index (χ1n) is 6.76. The Labute approximate surface area is 119 Å². The summed E-state index contributed by atoms with van der Waals surface area (Å²) in [6, 6.07) is -0.803. The second kappa shape index (κ2) is 9.44. The second-order valence-corrected chi connectivity index (χ2v) is 5.00. The number of hydrogen-bond acceptors (Lipinski definition) is 5. The Balaban J connectivity index is 4.61. The molecule has 0 saturated carbocycles. The van der Waals surface area contributed by atoms with Gasteiger partial charge in [0.25, 0.3) is 0 Å². The van der Waals surface area contributed by atoms with Crippen molar-refractivity contribution in [3.05, 3.63) is 0 Å². The maximum atomic E-state index is 12.0. The van der Waals surface area contributed by atoms with E-state index in [-0.39, 0.29) is 12.2 Å². The normalized spacial score (nSPS) is 15.2. The van der Waals surface area contributed by atoms with Crippen LogP contribution in [0.2, 0.25) is 0 Å². The maximum absolute atomic E-state index is 12.0. The summed E-state index contributed by atoms with van der Waals surface area (Å²) in [6.45, 7) is 3.27. The van der Waals surface area contributed by atoms with Crippen molar-refractivity contribution < 1.29 is 19.5 Å². The van der Waals surface area contributed by atoms with Gasteiger partial charge in [0.2, 0.25) is 11.8 Å². The van der Waals surface area contributed by atoms with E-state index >= 15 is 0 Å². The van der Waals surface area contributed by atoms with Gasteiger partial charge < -0.3 is 26.7 Å². The first kappa shape index (κ1) is 18.5. The minimum Gasteiger partial charge on any atom is -0.393 e. The van der Waals surface area contributed by atoms with E-state index in [1.165, 1.54) is 13.8 Å². The van der Waals surface area contributed by atoms with Gasteiger partial charge in [0, 0.05) is 6.42 Å². The van der Waals surface area contributed by atoms with Crippen LogP contribution in [0.1, 0.15) is 39.5 Å². The van der Waals surface area contributed by atoms with Crippen LogP contribution in [0.25, 0.3) is 0 Å². The van der Waals surface area contributed by atoms with E-state index in [4.69, 9.17) is 11.5 Å². The Bertz CT molecular complexity index is 345. The fourth-order valence-corrected chi connectivity index (χ4v) is 1.85. The lowest BCUT2D eigenvalue weighted by Gasteiger charge is -2.22. The summed E-state index contributed by atoms with van der Waals surface area (Å²) in [5.74, 6) is -2.25. The molecule has 20 heavy (non-hydrogen) atoms. The highest BCUT2D eigenvalue weighted by Crippen LogP contribution is 2.11. The van der Waals surface area contributed by atoms with Crippen LogP contribution in [-0.2, 0) is 14.4 Å². The molecule has 116 valence electrons. The summed E-state index contributed by atoms with van der Waals surface area (Å²) in [5, 5.41) is 12.0. The summed E-state index contributed by atoms with van der Waals surface area (Å²) in [6.07, 6.45) is 0.739. The number of unbranched alkanes of at least 4 members (excludes halogenated alkanes) is 1. The van der Waals surface area contributed by atoms with Gasteiger partial charge in [0.05, 0.1) is 12.0 Å². The molecule has 7 nitrogen and oxygen atoms in total. The molecule has 0 rings (SSSR count). The van der Waals surface area contributed by atoms with Crippen LogP contribution in [0.4, 0.5) is 0 Å². The Morgan fingerprint density at radius 3 is 2.25 bits per heavy atom. The molecule has 0 aliphatic carbocycles. The van der Waals surface area contributed by atoms with Crippen LogP contribution >= 0.6 is 0 Å². The minimum absolute atomic E-state index is 0.0716. The number of hydrogen-bond donors (Lipinski definition) is 4. The molecular weight excluding hydrogens is 262 g/mol. The lowest BCUT2D eigenvalue weighted by atomic mass is 9.95. The van der Waals surface area contributed by atoms with Crippen molar-refractivity contribution in [1.82, 2.24) is 5.32 Å². The fraction of sp³-hybridized carbons (Fsp3) is 0.769. The highest BCUT2D eigenvalue weighted by molar-refractivity contribution is 5.90. The number of Topliss-reactive ketones (excluding diaryl/α,β-unsaturated/α-hetero) is 1. The van der Waals surface area contributed by atoms with Crippen LogP contribution in [-0.4, -0.2) is 41.4 Å². The molecule has 0 aromatic rings. The zero-order valence-electron chi connectivity index (χ0n) is 12.1. The summed E-state index contributed by atoms with van der Waals surface area (Å²) in [5.41, 5.74) is 10.6. The lowest BCUT2D eigenvalue weighted by Crippen LogP contribution is -2.48. The van der Waals surface area contributed by atoms with Crippen LogP contribution < -0.4 is 16.8 Å². The number of nitrogens with one attached hydrogen (secondary N) is 1. The zero-order valence-corrected chi connectivity index (χ0v) is 12.1. The molecule has 0 saturated heterocycles. The van der Waals surface area contributed by atoms with Gasteiger partial charge in [-0.25, -0.2) is 0 Å². The molecule has 0 aromatic carbocycles. The predicted octanol–water partition coefficient (Wildman–Crippen LogP) is -0.938. The van der Waals surface area contributed by atoms with E-state index in [0.717, 1.165) is 6.42 Å². The Kier molecular flexibility index (Phi) is 8.74. The van der Waals surface area contributed by atoms with Crippen LogP contribution in [0.15, 0.2) is 0 Å². The molecule has 0 heterocycles. The van der Waals surface area contributed by atoms with Crippen molar-refractivity contribution in [2.24, 2.45) is 17.4 Å². The van der Waals surface area contributed by atoms with Crippen LogP contribution in [0.3, 0.4) is 0 Å². The Hall–Kier alpha value is -1.47. The molecule has 0 radical (unpaired) electrons. The smallest absolute Gasteiger partial charge is 0.239 e. The van der Waals surface area contributed by atoms with E-state index < -0.39 is 29.9 Å². The molecule has 0 aromatic heterocycles. The van der Waals surface area contributed by atoms with Gasteiger partial charge in [-0.3, -0.25) is 9.59 Å². The molecule has 0 aliphatic heterocycles. The number of rotatable bonds is 10. The predicted molar refractivity (Wildman–Crippen MR) is 74.5 cm³/mol. The topological polar surface area (TPSA) is 136 Å². The van der Waals surface area contributed by atoms with Gasteiger partial charge in [-0.1, -0.05) is 0 Å². The Morgan fingerprint density at radius 1 is 1.25 bits per heavy atom. The highest BCUT2D eigenvalue weighted by Gasteiger charge is 2.28. The van der Waals surface area contributed by atoms with E-state index in [9.17, 15) is 19.5 Å². The number of amides is 2. The van der Waals surface area contributed by atoms with Crippen molar-refractivity contribution in [3.8, 4) is 0 Å². The monoisotopic (exact) mass is 287 g/mol. The van der Waals surface area contributed by atoms with Gasteiger partial charge in [0.15, 0.2) is 0 Å². The van der Waals surface area contributed by atoms with E-state index in [2.05, 4.69) is 5.32 Å². The van der Waals surface area contributed by atoms with Crippen molar-refractivity contribution in [2.75, 3.05) is 6.54 Å². The standard InChI is InChI=1S/C13H25N3O4/c1-8(17)7-10(9(2)18)13(20)16-11(12(15)19)5-3-4-6-14/h9-11,18H,3-7,14H2,1-2H3,(H2,15,19)(H,16,20)/t9?,10-,11-/m0/s1. The third kappa shape index (κ3) is 7.20. The number of primary amides is 1. The van der Waals surface area contributed by atoms with Gasteiger partial charge in [-0.15, -0.1) is 0 Å². The highest BCUT2D eigenvalue weighted by atomic mass is 16.3. The molecule has 0 aliphatic rings. The first-order chi connectivity index (χ1) is 9.29. The van der Waals surface area contributed by atoms with E-state index in [1.807, 2.05) is 0 Å². The number of nitrogens with two attached hydrogens (primary N) is 2. The maximum Gasteiger partial charge on any atom is 0.239 e. The number of carbonyl (C=O) groups excluding carboxylic acids is 3. The molecule has 3 atom stereocenters. The quantitative estimate of drug-likeness (QED) is 0.385. The molecule has 2 amide bonds. The van der Waals surface area contributed by atoms with Crippen LogP contribution in [0, 0.1) is 5.92 Å².